The molecule has 0 radical (unpaired) electrons. The first kappa shape index (κ1) is 13.8. The molecule has 0 bridgehead atoms. The van der Waals surface area contributed by atoms with Crippen LogP contribution in [0.25, 0.3) is 0 Å². The second-order valence-corrected chi connectivity index (χ2v) is 4.34. The van der Waals surface area contributed by atoms with Crippen LogP contribution >= 0.6 is 11.6 Å². The van der Waals surface area contributed by atoms with Crippen LogP contribution in [0.4, 0.5) is 0 Å². The van der Waals surface area contributed by atoms with Gasteiger partial charge >= 0.3 is 7.12 Å². The van der Waals surface area contributed by atoms with Crippen molar-refractivity contribution in [2.75, 3.05) is 6.61 Å². The monoisotopic (exact) mass is 276 g/mol. The van der Waals surface area contributed by atoms with Crippen LogP contribution in [-0.4, -0.2) is 18.7 Å². The van der Waals surface area contributed by atoms with Crippen molar-refractivity contribution in [1.29, 1.82) is 0 Å². The van der Waals surface area contributed by atoms with E-state index in [0.717, 1.165) is 0 Å². The molecule has 5 heteroatoms. The maximum absolute atomic E-state index is 10.0. The van der Waals surface area contributed by atoms with Crippen molar-refractivity contribution in [3.63, 3.8) is 0 Å². The van der Waals surface area contributed by atoms with Crippen LogP contribution in [0.5, 0.6) is 11.5 Å². The molecule has 0 saturated heterocycles. The highest BCUT2D eigenvalue weighted by Gasteiger charge is 2.20. The fourth-order valence-corrected chi connectivity index (χ4v) is 1.82. The van der Waals surface area contributed by atoms with Crippen LogP contribution in [0.2, 0.25) is 5.02 Å². The van der Waals surface area contributed by atoms with E-state index in [0.29, 0.717) is 28.6 Å². The smallest absolute Gasteiger partial charge is 0.530 e. The van der Waals surface area contributed by atoms with Crippen LogP contribution < -0.4 is 14.9 Å². The standard InChI is InChI=1S/C14H14BClO3/c1-2-18-13-9-8-12(16)10-14(13)19-15(17)11-6-4-3-5-7-11/h3-10,17H,2H2,1H3. The van der Waals surface area contributed by atoms with E-state index in [2.05, 4.69) is 0 Å². The Kier molecular flexibility index (Phi) is 4.71. The molecule has 19 heavy (non-hydrogen) atoms. The molecule has 0 aromatic heterocycles. The third kappa shape index (κ3) is 3.66. The number of benzene rings is 2. The highest BCUT2D eigenvalue weighted by molar-refractivity contribution is 6.60. The minimum absolute atomic E-state index is 0.422. The second kappa shape index (κ2) is 6.50. The molecule has 0 atom stereocenters. The molecular formula is C14H14BClO3. The van der Waals surface area contributed by atoms with Gasteiger partial charge < -0.3 is 14.4 Å². The number of halogens is 1. The first-order chi connectivity index (χ1) is 9.20. The SMILES string of the molecule is CCOc1ccc(Cl)cc1OB(O)c1ccccc1. The Morgan fingerprint density at radius 3 is 2.53 bits per heavy atom. The van der Waals surface area contributed by atoms with E-state index in [1.54, 1.807) is 30.3 Å². The Balaban J connectivity index is 2.20. The van der Waals surface area contributed by atoms with Gasteiger partial charge in [0.15, 0.2) is 5.75 Å². The van der Waals surface area contributed by atoms with Crippen molar-refractivity contribution in [2.45, 2.75) is 6.92 Å². The second-order valence-electron chi connectivity index (χ2n) is 3.90. The summed E-state index contributed by atoms with van der Waals surface area (Å²) >= 11 is 5.93. The maximum Gasteiger partial charge on any atom is 0.560 e. The number of hydrogen-bond donors (Lipinski definition) is 1. The fraction of sp³-hybridized carbons (Fsp3) is 0.143. The lowest BCUT2D eigenvalue weighted by atomic mass is 9.79. The summed E-state index contributed by atoms with van der Waals surface area (Å²) in [5.41, 5.74) is 0.671. The normalized spacial score (nSPS) is 10.1. The minimum atomic E-state index is -1.06. The molecule has 0 heterocycles. The Morgan fingerprint density at radius 1 is 1.11 bits per heavy atom. The largest absolute Gasteiger partial charge is 0.560 e. The Bertz CT molecular complexity index is 533. The predicted molar refractivity (Wildman–Crippen MR) is 77.3 cm³/mol. The van der Waals surface area contributed by atoms with E-state index in [-0.39, 0.29) is 0 Å². The highest BCUT2D eigenvalue weighted by Crippen LogP contribution is 2.30. The highest BCUT2D eigenvalue weighted by atomic mass is 35.5. The molecule has 0 aliphatic carbocycles. The van der Waals surface area contributed by atoms with Crippen molar-refractivity contribution in [1.82, 2.24) is 0 Å². The van der Waals surface area contributed by atoms with Gasteiger partial charge in [-0.1, -0.05) is 41.9 Å². The van der Waals surface area contributed by atoms with E-state index in [4.69, 9.17) is 21.0 Å². The molecular weight excluding hydrogens is 262 g/mol. The van der Waals surface area contributed by atoms with Crippen LogP contribution in [-0.2, 0) is 0 Å². The zero-order valence-corrected chi connectivity index (χ0v) is 11.3. The molecule has 0 amide bonds. The lowest BCUT2D eigenvalue weighted by Gasteiger charge is -2.14. The first-order valence-corrected chi connectivity index (χ1v) is 6.40. The summed E-state index contributed by atoms with van der Waals surface area (Å²) in [5.74, 6) is 0.979. The van der Waals surface area contributed by atoms with Gasteiger partial charge in [0, 0.05) is 11.1 Å². The Hall–Kier alpha value is -1.65. The molecule has 3 nitrogen and oxygen atoms in total. The van der Waals surface area contributed by atoms with Crippen LogP contribution in [0.15, 0.2) is 48.5 Å². The average molecular weight is 277 g/mol. The third-order valence-corrected chi connectivity index (χ3v) is 2.76. The lowest BCUT2D eigenvalue weighted by molar-refractivity contribution is 0.322. The fourth-order valence-electron chi connectivity index (χ4n) is 1.65. The molecule has 2 aromatic rings. The van der Waals surface area contributed by atoms with Gasteiger partial charge in [-0.2, -0.15) is 0 Å². The number of hydrogen-bond acceptors (Lipinski definition) is 3. The molecule has 98 valence electrons. The van der Waals surface area contributed by atoms with Crippen molar-refractivity contribution in [3.8, 4) is 11.5 Å². The lowest BCUT2D eigenvalue weighted by Crippen LogP contribution is -2.36. The maximum atomic E-state index is 10.0. The van der Waals surface area contributed by atoms with E-state index in [9.17, 15) is 5.02 Å². The molecule has 2 rings (SSSR count). The summed E-state index contributed by atoms with van der Waals surface area (Å²) in [6.07, 6.45) is 0. The zero-order valence-electron chi connectivity index (χ0n) is 10.5. The Labute approximate surface area is 117 Å². The van der Waals surface area contributed by atoms with Crippen molar-refractivity contribution in [3.05, 3.63) is 53.6 Å². The van der Waals surface area contributed by atoms with Gasteiger partial charge in [-0.3, -0.25) is 0 Å². The molecule has 2 aromatic carbocycles. The predicted octanol–water partition coefficient (Wildman–Crippen LogP) is 2.51. The molecule has 1 N–H and O–H groups in total. The quantitative estimate of drug-likeness (QED) is 0.853. The van der Waals surface area contributed by atoms with Gasteiger partial charge in [-0.25, -0.2) is 0 Å². The van der Waals surface area contributed by atoms with E-state index in [1.165, 1.54) is 0 Å². The Morgan fingerprint density at radius 2 is 1.84 bits per heavy atom. The van der Waals surface area contributed by atoms with E-state index < -0.39 is 7.12 Å². The van der Waals surface area contributed by atoms with Gasteiger partial charge in [-0.15, -0.1) is 0 Å². The zero-order chi connectivity index (χ0) is 13.7. The van der Waals surface area contributed by atoms with E-state index >= 15 is 0 Å². The third-order valence-electron chi connectivity index (χ3n) is 2.53. The first-order valence-electron chi connectivity index (χ1n) is 6.02. The molecule has 0 aliphatic heterocycles. The van der Waals surface area contributed by atoms with Crippen molar-refractivity contribution < 1.29 is 14.4 Å². The summed E-state index contributed by atoms with van der Waals surface area (Å²) in [4.78, 5) is 0. The van der Waals surface area contributed by atoms with Gasteiger partial charge in [0.25, 0.3) is 0 Å². The van der Waals surface area contributed by atoms with Crippen LogP contribution in [0.3, 0.4) is 0 Å². The van der Waals surface area contributed by atoms with Gasteiger partial charge in [0.05, 0.1) is 6.61 Å². The number of ether oxygens (including phenoxy) is 1. The summed E-state index contributed by atoms with van der Waals surface area (Å²) < 4.78 is 10.9. The van der Waals surface area contributed by atoms with E-state index in [1.807, 2.05) is 25.1 Å². The van der Waals surface area contributed by atoms with Gasteiger partial charge in [0.2, 0.25) is 0 Å². The van der Waals surface area contributed by atoms with Gasteiger partial charge in [0.1, 0.15) is 5.75 Å². The summed E-state index contributed by atoms with van der Waals surface area (Å²) in [7, 11) is -1.06. The molecule has 0 fully saturated rings. The summed E-state index contributed by atoms with van der Waals surface area (Å²) in [6, 6.07) is 14.2. The van der Waals surface area contributed by atoms with Crippen molar-refractivity contribution >= 4 is 24.2 Å². The number of rotatable bonds is 5. The summed E-state index contributed by atoms with van der Waals surface area (Å²) in [6.45, 7) is 2.39. The minimum Gasteiger partial charge on any atom is -0.530 e. The van der Waals surface area contributed by atoms with Gasteiger partial charge in [-0.05, 0) is 24.5 Å². The molecule has 0 spiro atoms. The molecule has 0 unspecified atom stereocenters. The van der Waals surface area contributed by atoms with Crippen molar-refractivity contribution in [2.24, 2.45) is 0 Å². The average Bonchev–Trinajstić information content (AvgIpc) is 2.43. The summed E-state index contributed by atoms with van der Waals surface area (Å²) in [5, 5.41) is 10.6. The van der Waals surface area contributed by atoms with Crippen LogP contribution in [0.1, 0.15) is 6.92 Å². The topological polar surface area (TPSA) is 38.7 Å². The molecule has 0 saturated carbocycles. The molecule has 0 aliphatic rings. The van der Waals surface area contributed by atoms with Crippen LogP contribution in [0, 0.1) is 0 Å².